The number of carbonyl (C=O) groups is 1. The van der Waals surface area contributed by atoms with E-state index in [1.54, 1.807) is 0 Å². The average Bonchev–Trinajstić information content (AvgIpc) is 2.68. The lowest BCUT2D eigenvalue weighted by Gasteiger charge is -2.23. The molecule has 1 aliphatic rings. The molecule has 1 atom stereocenters. The summed E-state index contributed by atoms with van der Waals surface area (Å²) in [6.07, 6.45) is 0.723. The van der Waals surface area contributed by atoms with Gasteiger partial charge in [-0.05, 0) is 31.5 Å². The molecule has 1 aromatic rings. The molecule has 0 radical (unpaired) electrons. The summed E-state index contributed by atoms with van der Waals surface area (Å²) in [7, 11) is 0. The van der Waals surface area contributed by atoms with Crippen LogP contribution in [0.1, 0.15) is 23.7 Å². The SMILES string of the molecule is CC1(NC(=O)c2cc(Cl)ccc2F)CCOC1. The summed E-state index contributed by atoms with van der Waals surface area (Å²) < 4.78 is 18.7. The van der Waals surface area contributed by atoms with Gasteiger partial charge in [0, 0.05) is 11.6 Å². The zero-order chi connectivity index (χ0) is 12.5. The monoisotopic (exact) mass is 257 g/mol. The molecule has 1 fully saturated rings. The molecule has 17 heavy (non-hydrogen) atoms. The van der Waals surface area contributed by atoms with Crippen molar-refractivity contribution < 1.29 is 13.9 Å². The number of nitrogens with one attached hydrogen (secondary N) is 1. The number of hydrogen-bond donors (Lipinski definition) is 1. The first kappa shape index (κ1) is 12.3. The van der Waals surface area contributed by atoms with Gasteiger partial charge in [-0.2, -0.15) is 0 Å². The van der Waals surface area contributed by atoms with E-state index in [4.69, 9.17) is 16.3 Å². The van der Waals surface area contributed by atoms with Gasteiger partial charge in [-0.15, -0.1) is 0 Å². The largest absolute Gasteiger partial charge is 0.379 e. The number of benzene rings is 1. The van der Waals surface area contributed by atoms with Crippen LogP contribution < -0.4 is 5.32 Å². The predicted octanol–water partition coefficient (Wildman–Crippen LogP) is 2.39. The fourth-order valence-corrected chi connectivity index (χ4v) is 1.95. The second-order valence-corrected chi connectivity index (χ2v) is 4.88. The van der Waals surface area contributed by atoms with Crippen molar-refractivity contribution in [2.24, 2.45) is 0 Å². The molecule has 1 aromatic carbocycles. The van der Waals surface area contributed by atoms with Crippen LogP contribution in [-0.4, -0.2) is 24.7 Å². The second-order valence-electron chi connectivity index (χ2n) is 4.44. The van der Waals surface area contributed by atoms with Crippen LogP contribution in [0.25, 0.3) is 0 Å². The third-order valence-electron chi connectivity index (χ3n) is 2.81. The van der Waals surface area contributed by atoms with E-state index >= 15 is 0 Å². The average molecular weight is 258 g/mol. The lowest BCUT2D eigenvalue weighted by atomic mass is 10.0. The van der Waals surface area contributed by atoms with Crippen LogP contribution in [0.4, 0.5) is 4.39 Å². The van der Waals surface area contributed by atoms with Crippen molar-refractivity contribution in [3.8, 4) is 0 Å². The molecule has 0 aliphatic carbocycles. The molecule has 1 N–H and O–H groups in total. The Morgan fingerprint density at radius 3 is 3.00 bits per heavy atom. The summed E-state index contributed by atoms with van der Waals surface area (Å²) in [4.78, 5) is 11.9. The normalized spacial score (nSPS) is 23.7. The number of amides is 1. The van der Waals surface area contributed by atoms with E-state index in [1.807, 2.05) is 6.92 Å². The quantitative estimate of drug-likeness (QED) is 0.884. The molecule has 0 spiro atoms. The molecule has 1 aliphatic heterocycles. The number of carbonyl (C=O) groups excluding carboxylic acids is 1. The molecule has 0 saturated carbocycles. The van der Waals surface area contributed by atoms with Crippen molar-refractivity contribution in [3.05, 3.63) is 34.6 Å². The maximum Gasteiger partial charge on any atom is 0.254 e. The summed E-state index contributed by atoms with van der Waals surface area (Å²) in [5.41, 5.74) is -0.461. The van der Waals surface area contributed by atoms with Gasteiger partial charge >= 0.3 is 0 Å². The van der Waals surface area contributed by atoms with Gasteiger partial charge in [0.25, 0.3) is 5.91 Å². The molecule has 0 aromatic heterocycles. The standard InChI is InChI=1S/C12H13ClFNO2/c1-12(4-5-17-7-12)15-11(16)9-6-8(13)2-3-10(9)14/h2-3,6H,4-5,7H2,1H3,(H,15,16). The molecule has 5 heteroatoms. The van der Waals surface area contributed by atoms with Crippen molar-refractivity contribution in [1.29, 1.82) is 0 Å². The Morgan fingerprint density at radius 2 is 2.35 bits per heavy atom. The Hall–Kier alpha value is -1.13. The van der Waals surface area contributed by atoms with Crippen molar-refractivity contribution in [2.45, 2.75) is 18.9 Å². The smallest absolute Gasteiger partial charge is 0.254 e. The third-order valence-corrected chi connectivity index (χ3v) is 3.04. The highest BCUT2D eigenvalue weighted by molar-refractivity contribution is 6.31. The summed E-state index contributed by atoms with van der Waals surface area (Å²) in [6, 6.07) is 3.92. The van der Waals surface area contributed by atoms with Crippen molar-refractivity contribution in [1.82, 2.24) is 5.32 Å². The Balaban J connectivity index is 2.17. The lowest BCUT2D eigenvalue weighted by molar-refractivity contribution is 0.0886. The molecule has 2 rings (SSSR count). The van der Waals surface area contributed by atoms with Gasteiger partial charge in [-0.25, -0.2) is 4.39 Å². The minimum atomic E-state index is -0.575. The van der Waals surface area contributed by atoms with E-state index in [2.05, 4.69) is 5.32 Å². The van der Waals surface area contributed by atoms with Gasteiger partial charge < -0.3 is 10.1 Å². The van der Waals surface area contributed by atoms with Crippen LogP contribution in [0.5, 0.6) is 0 Å². The summed E-state index contributed by atoms with van der Waals surface area (Å²) in [5.74, 6) is -1.03. The van der Waals surface area contributed by atoms with Crippen LogP contribution in [0.15, 0.2) is 18.2 Å². The van der Waals surface area contributed by atoms with E-state index in [1.165, 1.54) is 18.2 Å². The number of hydrogen-bond acceptors (Lipinski definition) is 2. The number of halogens is 2. The molecule has 3 nitrogen and oxygen atoms in total. The minimum absolute atomic E-state index is 0.0365. The first-order chi connectivity index (χ1) is 8.00. The van der Waals surface area contributed by atoms with Crippen molar-refractivity contribution in [2.75, 3.05) is 13.2 Å². The van der Waals surface area contributed by atoms with E-state index in [9.17, 15) is 9.18 Å². The van der Waals surface area contributed by atoms with Gasteiger partial charge in [-0.3, -0.25) is 4.79 Å². The Kier molecular flexibility index (Phi) is 3.35. The van der Waals surface area contributed by atoms with Gasteiger partial charge in [-0.1, -0.05) is 11.6 Å². The van der Waals surface area contributed by atoms with E-state index in [0.29, 0.717) is 18.2 Å². The number of rotatable bonds is 2. The van der Waals surface area contributed by atoms with Crippen molar-refractivity contribution in [3.63, 3.8) is 0 Å². The van der Waals surface area contributed by atoms with E-state index < -0.39 is 17.3 Å². The van der Waals surface area contributed by atoms with Gasteiger partial charge in [0.2, 0.25) is 0 Å². The van der Waals surface area contributed by atoms with E-state index in [-0.39, 0.29) is 5.56 Å². The molecule has 1 heterocycles. The van der Waals surface area contributed by atoms with Crippen LogP contribution in [0.3, 0.4) is 0 Å². The highest BCUT2D eigenvalue weighted by Crippen LogP contribution is 2.20. The maximum absolute atomic E-state index is 13.5. The summed E-state index contributed by atoms with van der Waals surface area (Å²) in [6.45, 7) is 2.93. The first-order valence-corrected chi connectivity index (χ1v) is 5.73. The molecule has 1 unspecified atom stereocenters. The minimum Gasteiger partial charge on any atom is -0.379 e. The molecular formula is C12H13ClFNO2. The number of ether oxygens (including phenoxy) is 1. The highest BCUT2D eigenvalue weighted by Gasteiger charge is 2.32. The Bertz CT molecular complexity index is 444. The topological polar surface area (TPSA) is 38.3 Å². The van der Waals surface area contributed by atoms with Gasteiger partial charge in [0.05, 0.1) is 17.7 Å². The van der Waals surface area contributed by atoms with Crippen LogP contribution in [-0.2, 0) is 4.74 Å². The molecular weight excluding hydrogens is 245 g/mol. The van der Waals surface area contributed by atoms with Gasteiger partial charge in [0.15, 0.2) is 0 Å². The summed E-state index contributed by atoms with van der Waals surface area (Å²) in [5, 5.41) is 3.11. The summed E-state index contributed by atoms with van der Waals surface area (Å²) >= 11 is 5.74. The maximum atomic E-state index is 13.5. The zero-order valence-electron chi connectivity index (χ0n) is 9.43. The lowest BCUT2D eigenvalue weighted by Crippen LogP contribution is -2.46. The van der Waals surface area contributed by atoms with Crippen LogP contribution in [0, 0.1) is 5.82 Å². The Morgan fingerprint density at radius 1 is 1.59 bits per heavy atom. The molecule has 1 saturated heterocycles. The predicted molar refractivity (Wildman–Crippen MR) is 62.7 cm³/mol. The van der Waals surface area contributed by atoms with E-state index in [0.717, 1.165) is 6.42 Å². The van der Waals surface area contributed by atoms with Crippen LogP contribution >= 0.6 is 11.6 Å². The molecule has 1 amide bonds. The fourth-order valence-electron chi connectivity index (χ4n) is 1.78. The fraction of sp³-hybridized carbons (Fsp3) is 0.417. The van der Waals surface area contributed by atoms with Crippen molar-refractivity contribution >= 4 is 17.5 Å². The molecule has 0 bridgehead atoms. The highest BCUT2D eigenvalue weighted by atomic mass is 35.5. The second kappa shape index (κ2) is 4.63. The first-order valence-electron chi connectivity index (χ1n) is 5.35. The zero-order valence-corrected chi connectivity index (χ0v) is 10.2. The molecule has 92 valence electrons. The third kappa shape index (κ3) is 2.76. The van der Waals surface area contributed by atoms with Crippen LogP contribution in [0.2, 0.25) is 5.02 Å². The Labute approximate surface area is 104 Å². The van der Waals surface area contributed by atoms with Gasteiger partial charge in [0.1, 0.15) is 5.82 Å².